The smallest absolute Gasteiger partial charge is 0.399 e. The van der Waals surface area contributed by atoms with Crippen molar-refractivity contribution in [1.29, 1.82) is 0 Å². The average molecular weight is 434 g/mol. The van der Waals surface area contributed by atoms with Gasteiger partial charge in [0, 0.05) is 37.6 Å². The molecule has 2 fully saturated rings. The van der Waals surface area contributed by atoms with Crippen LogP contribution in [0.1, 0.15) is 53.5 Å². The quantitative estimate of drug-likeness (QED) is 0.604. The highest BCUT2D eigenvalue weighted by atomic mass is 16.7. The van der Waals surface area contributed by atoms with Gasteiger partial charge in [0.05, 0.1) is 11.2 Å². The van der Waals surface area contributed by atoms with Crippen molar-refractivity contribution in [2.75, 3.05) is 36.0 Å². The molecule has 0 aromatic heterocycles. The summed E-state index contributed by atoms with van der Waals surface area (Å²) in [6.45, 7) is 17.1. The first-order valence-electron chi connectivity index (χ1n) is 12.2. The average Bonchev–Trinajstić information content (AvgIpc) is 3.01. The summed E-state index contributed by atoms with van der Waals surface area (Å²) >= 11 is 0. The molecule has 4 nitrogen and oxygen atoms in total. The predicted octanol–water partition coefficient (Wildman–Crippen LogP) is 4.90. The van der Waals surface area contributed by atoms with Gasteiger partial charge in [0.25, 0.3) is 0 Å². The van der Waals surface area contributed by atoms with Gasteiger partial charge in [-0.05, 0) is 75.3 Å². The highest BCUT2D eigenvalue weighted by Gasteiger charge is 2.51. The number of nitrogens with zero attached hydrogens (tertiary/aromatic N) is 2. The van der Waals surface area contributed by atoms with Crippen molar-refractivity contribution in [3.63, 3.8) is 0 Å². The van der Waals surface area contributed by atoms with E-state index in [1.54, 1.807) is 0 Å². The van der Waals surface area contributed by atoms with Crippen molar-refractivity contribution in [2.24, 2.45) is 5.92 Å². The van der Waals surface area contributed by atoms with Gasteiger partial charge in [-0.25, -0.2) is 0 Å². The zero-order valence-corrected chi connectivity index (χ0v) is 20.7. The lowest BCUT2D eigenvalue weighted by atomic mass is 9.79. The second kappa shape index (κ2) is 9.11. The van der Waals surface area contributed by atoms with Crippen LogP contribution in [0.25, 0.3) is 0 Å². The Morgan fingerprint density at radius 1 is 0.781 bits per heavy atom. The summed E-state index contributed by atoms with van der Waals surface area (Å²) in [5, 5.41) is 0. The summed E-state index contributed by atoms with van der Waals surface area (Å²) in [6.07, 6.45) is 2.41. The van der Waals surface area contributed by atoms with E-state index in [0.717, 1.165) is 37.6 Å². The standard InChI is InChI=1S/C27H39BN2O2/c1-7-21(2)20-22-8-12-24(13-9-22)29-16-18-30(19-17-29)25-14-10-23(11-15-25)28-31-26(3,4)27(5,6)32-28/h8-15,21H,7,16-20H2,1-6H3. The Morgan fingerprint density at radius 2 is 1.22 bits per heavy atom. The molecule has 0 spiro atoms. The van der Waals surface area contributed by atoms with Crippen molar-refractivity contribution in [1.82, 2.24) is 0 Å². The second-order valence-electron chi connectivity index (χ2n) is 10.5. The van der Waals surface area contributed by atoms with Gasteiger partial charge in [-0.1, -0.05) is 44.5 Å². The molecular weight excluding hydrogens is 395 g/mol. The van der Waals surface area contributed by atoms with Crippen molar-refractivity contribution in [3.8, 4) is 0 Å². The summed E-state index contributed by atoms with van der Waals surface area (Å²) < 4.78 is 12.4. The van der Waals surface area contributed by atoms with Crippen molar-refractivity contribution in [2.45, 2.75) is 65.6 Å². The number of rotatable bonds is 6. The van der Waals surface area contributed by atoms with E-state index in [0.29, 0.717) is 0 Å². The van der Waals surface area contributed by atoms with E-state index in [2.05, 4.69) is 99.9 Å². The fourth-order valence-electron chi connectivity index (χ4n) is 4.43. The van der Waals surface area contributed by atoms with Gasteiger partial charge in [0.1, 0.15) is 0 Å². The van der Waals surface area contributed by atoms with Crippen LogP contribution < -0.4 is 15.3 Å². The van der Waals surface area contributed by atoms with Crippen LogP contribution in [0.3, 0.4) is 0 Å². The Bertz CT molecular complexity index is 871. The second-order valence-corrected chi connectivity index (χ2v) is 10.5. The van der Waals surface area contributed by atoms with E-state index in [9.17, 15) is 0 Å². The summed E-state index contributed by atoms with van der Waals surface area (Å²) in [7, 11) is -0.297. The number of benzene rings is 2. The van der Waals surface area contributed by atoms with Crippen molar-refractivity contribution in [3.05, 3.63) is 54.1 Å². The molecular formula is C27H39BN2O2. The van der Waals surface area contributed by atoms with Gasteiger partial charge in [-0.15, -0.1) is 0 Å². The molecule has 1 atom stereocenters. The summed E-state index contributed by atoms with van der Waals surface area (Å²) in [5.41, 5.74) is 4.54. The minimum Gasteiger partial charge on any atom is -0.399 e. The lowest BCUT2D eigenvalue weighted by Crippen LogP contribution is -2.46. The summed E-state index contributed by atoms with van der Waals surface area (Å²) in [6, 6.07) is 17.9. The Labute approximate surface area is 195 Å². The maximum absolute atomic E-state index is 6.19. The van der Waals surface area contributed by atoms with E-state index in [4.69, 9.17) is 9.31 Å². The Morgan fingerprint density at radius 3 is 1.66 bits per heavy atom. The minimum absolute atomic E-state index is 0.297. The molecule has 5 heteroatoms. The van der Waals surface area contributed by atoms with Crippen LogP contribution in [0.5, 0.6) is 0 Å². The lowest BCUT2D eigenvalue weighted by Gasteiger charge is -2.37. The van der Waals surface area contributed by atoms with Crippen molar-refractivity contribution >= 4 is 24.0 Å². The van der Waals surface area contributed by atoms with Crippen LogP contribution in [0.4, 0.5) is 11.4 Å². The van der Waals surface area contributed by atoms with Gasteiger partial charge in [0.15, 0.2) is 0 Å². The predicted molar refractivity (Wildman–Crippen MR) is 136 cm³/mol. The minimum atomic E-state index is -0.306. The van der Waals surface area contributed by atoms with E-state index < -0.39 is 0 Å². The van der Waals surface area contributed by atoms with E-state index in [1.807, 2.05) is 0 Å². The molecule has 0 bridgehead atoms. The lowest BCUT2D eigenvalue weighted by molar-refractivity contribution is 0.00578. The topological polar surface area (TPSA) is 24.9 Å². The zero-order chi connectivity index (χ0) is 22.9. The molecule has 0 radical (unpaired) electrons. The van der Waals surface area contributed by atoms with Gasteiger partial charge in [-0.3, -0.25) is 0 Å². The van der Waals surface area contributed by atoms with E-state index >= 15 is 0 Å². The molecule has 0 saturated carbocycles. The van der Waals surface area contributed by atoms with Crippen LogP contribution >= 0.6 is 0 Å². The fraction of sp³-hybridized carbons (Fsp3) is 0.556. The van der Waals surface area contributed by atoms with Crippen LogP contribution in [-0.2, 0) is 15.7 Å². The Balaban J connectivity index is 1.33. The number of hydrogen-bond acceptors (Lipinski definition) is 4. The molecule has 1 unspecified atom stereocenters. The van der Waals surface area contributed by atoms with E-state index in [1.165, 1.54) is 29.8 Å². The van der Waals surface area contributed by atoms with Crippen molar-refractivity contribution < 1.29 is 9.31 Å². The molecule has 4 rings (SSSR count). The first kappa shape index (κ1) is 23.2. The molecule has 0 aliphatic carbocycles. The van der Waals surface area contributed by atoms with Gasteiger partial charge >= 0.3 is 7.12 Å². The molecule has 32 heavy (non-hydrogen) atoms. The molecule has 2 heterocycles. The number of piperazine rings is 1. The third-order valence-corrected chi connectivity index (χ3v) is 7.65. The first-order valence-corrected chi connectivity index (χ1v) is 12.2. The molecule has 0 amide bonds. The number of anilines is 2. The first-order chi connectivity index (χ1) is 15.2. The van der Waals surface area contributed by atoms with Crippen LogP contribution in [-0.4, -0.2) is 44.5 Å². The monoisotopic (exact) mass is 434 g/mol. The zero-order valence-electron chi connectivity index (χ0n) is 20.7. The number of hydrogen-bond donors (Lipinski definition) is 0. The third kappa shape index (κ3) is 4.84. The highest BCUT2D eigenvalue weighted by Crippen LogP contribution is 2.36. The molecule has 2 aromatic carbocycles. The van der Waals surface area contributed by atoms with Crippen LogP contribution in [0.15, 0.2) is 48.5 Å². The van der Waals surface area contributed by atoms with Gasteiger partial charge < -0.3 is 19.1 Å². The SMILES string of the molecule is CCC(C)Cc1ccc(N2CCN(c3ccc(B4OC(C)(C)C(C)(C)O4)cc3)CC2)cc1. The fourth-order valence-corrected chi connectivity index (χ4v) is 4.43. The Kier molecular flexibility index (Phi) is 6.60. The third-order valence-electron chi connectivity index (χ3n) is 7.65. The molecule has 0 N–H and O–H groups in total. The van der Waals surface area contributed by atoms with Crippen LogP contribution in [0, 0.1) is 5.92 Å². The summed E-state index contributed by atoms with van der Waals surface area (Å²) in [5.74, 6) is 0.751. The van der Waals surface area contributed by atoms with Gasteiger partial charge in [-0.2, -0.15) is 0 Å². The van der Waals surface area contributed by atoms with E-state index in [-0.39, 0.29) is 18.3 Å². The largest absolute Gasteiger partial charge is 0.494 e. The molecule has 2 saturated heterocycles. The molecule has 172 valence electrons. The van der Waals surface area contributed by atoms with Gasteiger partial charge in [0.2, 0.25) is 0 Å². The summed E-state index contributed by atoms with van der Waals surface area (Å²) in [4.78, 5) is 4.98. The molecule has 2 aromatic rings. The maximum atomic E-state index is 6.19. The van der Waals surface area contributed by atoms with Crippen LogP contribution in [0.2, 0.25) is 0 Å². The normalized spacial score (nSPS) is 21.1. The maximum Gasteiger partial charge on any atom is 0.494 e. The highest BCUT2D eigenvalue weighted by molar-refractivity contribution is 6.62. The molecule has 2 aliphatic rings. The Hall–Kier alpha value is -1.98. The molecule has 2 aliphatic heterocycles.